The zero-order valence-electron chi connectivity index (χ0n) is 17.8. The zero-order valence-corrected chi connectivity index (χ0v) is 17.8. The molecular formula is C26H31N3O. The molecule has 3 aromatic rings. The number of pyridine rings is 1. The minimum Gasteiger partial charge on any atom is -0.343 e. The number of likely N-dealkylation sites (N-methyl/N-ethyl adjacent to an activating group) is 1. The number of hydrogen-bond donors (Lipinski definition) is 0. The van der Waals surface area contributed by atoms with Crippen molar-refractivity contribution in [2.24, 2.45) is 0 Å². The third-order valence-electron chi connectivity index (χ3n) is 6.08. The van der Waals surface area contributed by atoms with Crippen LogP contribution in [-0.4, -0.2) is 46.4 Å². The van der Waals surface area contributed by atoms with Crippen LogP contribution < -0.4 is 0 Å². The highest BCUT2D eigenvalue weighted by molar-refractivity contribution is 5.85. The Bertz CT molecular complexity index is 963. The highest BCUT2D eigenvalue weighted by Crippen LogP contribution is 2.30. The Morgan fingerprint density at radius 1 is 1.00 bits per heavy atom. The van der Waals surface area contributed by atoms with Gasteiger partial charge in [-0.2, -0.15) is 0 Å². The molecule has 2 aromatic carbocycles. The zero-order chi connectivity index (χ0) is 20.8. The standard InChI is InChI=1S/C26H31N3O/c1-2-28(18-14-21-12-16-27-17-13-21)26(30)15-19-29(24-10-11-24)20-23-8-5-7-22-6-3-4-9-25(22)23/h3-9,12-13,16-17,24H,2,10-11,14-15,18-20H2,1H3. The Labute approximate surface area is 179 Å². The second kappa shape index (κ2) is 9.86. The summed E-state index contributed by atoms with van der Waals surface area (Å²) in [6.07, 6.45) is 7.59. The van der Waals surface area contributed by atoms with E-state index in [2.05, 4.69) is 59.3 Å². The lowest BCUT2D eigenvalue weighted by molar-refractivity contribution is -0.131. The van der Waals surface area contributed by atoms with Gasteiger partial charge in [0.25, 0.3) is 0 Å². The molecular weight excluding hydrogens is 370 g/mol. The molecule has 0 bridgehead atoms. The van der Waals surface area contributed by atoms with E-state index in [0.29, 0.717) is 12.5 Å². The molecule has 1 aliphatic rings. The maximum atomic E-state index is 12.9. The van der Waals surface area contributed by atoms with Gasteiger partial charge in [0.05, 0.1) is 0 Å². The molecule has 1 fully saturated rings. The lowest BCUT2D eigenvalue weighted by Crippen LogP contribution is -2.36. The molecule has 156 valence electrons. The maximum Gasteiger partial charge on any atom is 0.223 e. The Morgan fingerprint density at radius 3 is 2.53 bits per heavy atom. The summed E-state index contributed by atoms with van der Waals surface area (Å²) in [5, 5.41) is 2.61. The van der Waals surface area contributed by atoms with Gasteiger partial charge in [-0.1, -0.05) is 42.5 Å². The summed E-state index contributed by atoms with van der Waals surface area (Å²) in [7, 11) is 0. The van der Waals surface area contributed by atoms with Crippen LogP contribution in [0.4, 0.5) is 0 Å². The van der Waals surface area contributed by atoms with Crippen LogP contribution in [0.15, 0.2) is 67.0 Å². The number of amides is 1. The first-order chi connectivity index (χ1) is 14.7. The second-order valence-electron chi connectivity index (χ2n) is 8.17. The van der Waals surface area contributed by atoms with Gasteiger partial charge >= 0.3 is 0 Å². The molecule has 4 nitrogen and oxygen atoms in total. The molecule has 1 saturated carbocycles. The van der Waals surface area contributed by atoms with Crippen molar-refractivity contribution in [2.45, 2.75) is 45.2 Å². The minimum absolute atomic E-state index is 0.259. The summed E-state index contributed by atoms with van der Waals surface area (Å²) >= 11 is 0. The van der Waals surface area contributed by atoms with Crippen molar-refractivity contribution in [3.05, 3.63) is 78.1 Å². The van der Waals surface area contributed by atoms with Crippen molar-refractivity contribution >= 4 is 16.7 Å². The minimum atomic E-state index is 0.259. The Balaban J connectivity index is 1.35. The highest BCUT2D eigenvalue weighted by Gasteiger charge is 2.29. The summed E-state index contributed by atoms with van der Waals surface area (Å²) in [5.41, 5.74) is 2.59. The molecule has 0 radical (unpaired) electrons. The van der Waals surface area contributed by atoms with E-state index in [1.54, 1.807) is 0 Å². The van der Waals surface area contributed by atoms with Crippen molar-refractivity contribution < 1.29 is 4.79 Å². The van der Waals surface area contributed by atoms with E-state index < -0.39 is 0 Å². The van der Waals surface area contributed by atoms with Crippen molar-refractivity contribution in [3.8, 4) is 0 Å². The molecule has 0 aliphatic heterocycles. The smallest absolute Gasteiger partial charge is 0.223 e. The first kappa shape index (κ1) is 20.5. The molecule has 0 atom stereocenters. The normalized spacial score (nSPS) is 13.7. The first-order valence-electron chi connectivity index (χ1n) is 11.1. The van der Waals surface area contributed by atoms with Gasteiger partial charge in [-0.05, 0) is 60.2 Å². The third-order valence-corrected chi connectivity index (χ3v) is 6.08. The van der Waals surface area contributed by atoms with E-state index in [-0.39, 0.29) is 5.91 Å². The fraction of sp³-hybridized carbons (Fsp3) is 0.385. The number of hydrogen-bond acceptors (Lipinski definition) is 3. The molecule has 4 rings (SSSR count). The van der Waals surface area contributed by atoms with Crippen LogP contribution in [0.5, 0.6) is 0 Å². The molecule has 4 heteroatoms. The monoisotopic (exact) mass is 401 g/mol. The Morgan fingerprint density at radius 2 is 1.77 bits per heavy atom. The van der Waals surface area contributed by atoms with Crippen LogP contribution >= 0.6 is 0 Å². The van der Waals surface area contributed by atoms with Crippen LogP contribution in [0, 0.1) is 0 Å². The average Bonchev–Trinajstić information content (AvgIpc) is 3.63. The van der Waals surface area contributed by atoms with Crippen molar-refractivity contribution in [1.29, 1.82) is 0 Å². The van der Waals surface area contributed by atoms with Gasteiger partial charge in [-0.25, -0.2) is 0 Å². The number of rotatable bonds is 10. The van der Waals surface area contributed by atoms with Crippen LogP contribution in [0.2, 0.25) is 0 Å². The van der Waals surface area contributed by atoms with E-state index in [4.69, 9.17) is 0 Å². The predicted octanol–water partition coefficient (Wildman–Crippen LogP) is 4.68. The molecule has 0 unspecified atom stereocenters. The molecule has 0 N–H and O–H groups in total. The summed E-state index contributed by atoms with van der Waals surface area (Å²) in [5.74, 6) is 0.259. The van der Waals surface area contributed by atoms with E-state index >= 15 is 0 Å². The second-order valence-corrected chi connectivity index (χ2v) is 8.17. The van der Waals surface area contributed by atoms with Gasteiger partial charge in [-0.3, -0.25) is 14.7 Å². The van der Waals surface area contributed by atoms with Crippen LogP contribution in [-0.2, 0) is 17.8 Å². The quantitative estimate of drug-likeness (QED) is 0.495. The summed E-state index contributed by atoms with van der Waals surface area (Å²) in [6, 6.07) is 19.8. The number of fused-ring (bicyclic) bond motifs is 1. The maximum absolute atomic E-state index is 12.9. The summed E-state index contributed by atoms with van der Waals surface area (Å²) in [4.78, 5) is 21.5. The molecule has 0 spiro atoms. The third kappa shape index (κ3) is 5.25. The van der Waals surface area contributed by atoms with E-state index in [1.807, 2.05) is 29.4 Å². The number of carbonyl (C=O) groups is 1. The Hall–Kier alpha value is -2.72. The van der Waals surface area contributed by atoms with Crippen LogP contribution in [0.3, 0.4) is 0 Å². The fourth-order valence-electron chi connectivity index (χ4n) is 4.15. The van der Waals surface area contributed by atoms with Crippen LogP contribution in [0.25, 0.3) is 10.8 Å². The Kier molecular flexibility index (Phi) is 6.75. The van der Waals surface area contributed by atoms with Gasteiger partial charge in [0, 0.05) is 51.0 Å². The van der Waals surface area contributed by atoms with E-state index in [0.717, 1.165) is 32.6 Å². The number of aromatic nitrogens is 1. The number of benzene rings is 2. The lowest BCUT2D eigenvalue weighted by Gasteiger charge is -2.25. The van der Waals surface area contributed by atoms with Gasteiger partial charge in [0.2, 0.25) is 5.91 Å². The van der Waals surface area contributed by atoms with Gasteiger partial charge in [-0.15, -0.1) is 0 Å². The number of nitrogens with zero attached hydrogens (tertiary/aromatic N) is 3. The topological polar surface area (TPSA) is 36.4 Å². The first-order valence-corrected chi connectivity index (χ1v) is 11.1. The lowest BCUT2D eigenvalue weighted by atomic mass is 10.0. The predicted molar refractivity (Wildman–Crippen MR) is 122 cm³/mol. The largest absolute Gasteiger partial charge is 0.343 e. The molecule has 1 aromatic heterocycles. The molecule has 30 heavy (non-hydrogen) atoms. The van der Waals surface area contributed by atoms with E-state index in [1.165, 1.54) is 34.7 Å². The fourth-order valence-corrected chi connectivity index (χ4v) is 4.15. The van der Waals surface area contributed by atoms with Gasteiger partial charge in [0.15, 0.2) is 0 Å². The molecule has 1 aliphatic carbocycles. The van der Waals surface area contributed by atoms with Crippen LogP contribution in [0.1, 0.15) is 37.3 Å². The summed E-state index contributed by atoms with van der Waals surface area (Å²) < 4.78 is 0. The van der Waals surface area contributed by atoms with Gasteiger partial charge in [0.1, 0.15) is 0 Å². The van der Waals surface area contributed by atoms with E-state index in [9.17, 15) is 4.79 Å². The SMILES string of the molecule is CCN(CCc1ccncc1)C(=O)CCN(Cc1cccc2ccccc12)C1CC1. The van der Waals surface area contributed by atoms with Crippen molar-refractivity contribution in [3.63, 3.8) is 0 Å². The van der Waals surface area contributed by atoms with Gasteiger partial charge < -0.3 is 4.90 Å². The summed E-state index contributed by atoms with van der Waals surface area (Å²) in [6.45, 7) is 5.35. The molecule has 1 amide bonds. The van der Waals surface area contributed by atoms with Crippen molar-refractivity contribution in [1.82, 2.24) is 14.8 Å². The molecule has 0 saturated heterocycles. The van der Waals surface area contributed by atoms with Crippen molar-refractivity contribution in [2.75, 3.05) is 19.6 Å². The average molecular weight is 402 g/mol. The molecule has 1 heterocycles. The number of carbonyl (C=O) groups excluding carboxylic acids is 1. The highest BCUT2D eigenvalue weighted by atomic mass is 16.2.